The zero-order chi connectivity index (χ0) is 13.4. The van der Waals surface area contributed by atoms with Gasteiger partial charge < -0.3 is 0 Å². The van der Waals surface area contributed by atoms with Gasteiger partial charge in [0.15, 0.2) is 6.17 Å². The molecule has 1 heterocycles. The Morgan fingerprint density at radius 1 is 1.13 bits per heavy atom. The molecule has 2 aromatic rings. The molecular weight excluding hydrogens is 182 g/mol. The maximum absolute atomic E-state index is 8.12. The van der Waals surface area contributed by atoms with Gasteiger partial charge in [-0.1, -0.05) is 18.2 Å². The third kappa shape index (κ3) is 1.91. The van der Waals surface area contributed by atoms with E-state index in [1.807, 2.05) is 31.2 Å². The average Bonchev–Trinajstić information content (AvgIpc) is 2.36. The van der Waals surface area contributed by atoms with Crippen LogP contribution in [0.2, 0.25) is 0 Å². The Morgan fingerprint density at radius 3 is 2.60 bits per heavy atom. The lowest BCUT2D eigenvalue weighted by molar-refractivity contribution is -0.660. The molecule has 0 bridgehead atoms. The Labute approximate surface area is 95.2 Å². The number of pyridine rings is 1. The third-order valence-corrected chi connectivity index (χ3v) is 2.44. The monoisotopic (exact) mass is 201 g/mol. The van der Waals surface area contributed by atoms with E-state index in [9.17, 15) is 0 Å². The van der Waals surface area contributed by atoms with Gasteiger partial charge in [0.05, 0.1) is 2.74 Å². The Bertz CT molecular complexity index is 592. The molecule has 0 aliphatic carbocycles. The maximum Gasteiger partial charge on any atom is 0.212 e. The lowest BCUT2D eigenvalue weighted by Gasteiger charge is -2.03. The number of hydrogen-bond donors (Lipinski definition) is 0. The second-order valence-corrected chi connectivity index (χ2v) is 3.71. The van der Waals surface area contributed by atoms with Gasteiger partial charge in [0, 0.05) is 17.2 Å². The predicted octanol–water partition coefficient (Wildman–Crippen LogP) is 2.79. The molecule has 0 atom stereocenters. The highest BCUT2D eigenvalue weighted by Crippen LogP contribution is 2.19. The topological polar surface area (TPSA) is 3.88 Å². The van der Waals surface area contributed by atoms with E-state index in [4.69, 9.17) is 4.11 Å². The molecule has 76 valence electrons. The van der Waals surface area contributed by atoms with Gasteiger partial charge in [0.25, 0.3) is 0 Å². The normalized spacial score (nSPS) is 13.1. The molecule has 0 unspecified atom stereocenters. The quantitative estimate of drug-likeness (QED) is 0.625. The Kier molecular flexibility index (Phi) is 1.74. The SMILES string of the molecule is [2H]c1c([2H])c(-c2ccccc2C)[n+](C)c([2H])c1C. The molecule has 1 nitrogen and oxygen atoms in total. The van der Waals surface area contributed by atoms with Crippen molar-refractivity contribution in [2.45, 2.75) is 13.8 Å². The Hall–Kier alpha value is -1.63. The summed E-state index contributed by atoms with van der Waals surface area (Å²) in [6, 6.07) is 8.07. The summed E-state index contributed by atoms with van der Waals surface area (Å²) in [4.78, 5) is 0. The van der Waals surface area contributed by atoms with Gasteiger partial charge in [-0.3, -0.25) is 0 Å². The van der Waals surface area contributed by atoms with Crippen LogP contribution in [-0.2, 0) is 7.05 Å². The van der Waals surface area contributed by atoms with E-state index in [0.29, 0.717) is 11.3 Å². The maximum atomic E-state index is 8.12. The highest BCUT2D eigenvalue weighted by atomic mass is 14.9. The van der Waals surface area contributed by atoms with Crippen molar-refractivity contribution in [1.82, 2.24) is 0 Å². The summed E-state index contributed by atoms with van der Waals surface area (Å²) in [5.41, 5.74) is 3.13. The first-order valence-corrected chi connectivity index (χ1v) is 4.97. The highest BCUT2D eigenvalue weighted by Gasteiger charge is 2.10. The molecular formula is C14H16N+. The molecule has 0 N–H and O–H groups in total. The zero-order valence-corrected chi connectivity index (χ0v) is 9.26. The van der Waals surface area contributed by atoms with Crippen molar-refractivity contribution in [1.29, 1.82) is 0 Å². The van der Waals surface area contributed by atoms with Crippen molar-refractivity contribution < 1.29 is 8.68 Å². The van der Waals surface area contributed by atoms with Crippen LogP contribution in [-0.4, -0.2) is 0 Å². The van der Waals surface area contributed by atoms with Gasteiger partial charge in [-0.05, 0) is 31.5 Å². The van der Waals surface area contributed by atoms with Crippen LogP contribution in [0.1, 0.15) is 15.2 Å². The number of aryl methyl sites for hydroxylation is 1. The minimum atomic E-state index is 0.136. The summed E-state index contributed by atoms with van der Waals surface area (Å²) in [7, 11) is 1.77. The summed E-state index contributed by atoms with van der Waals surface area (Å²) in [6.07, 6.45) is 0.286. The van der Waals surface area contributed by atoms with E-state index in [-0.39, 0.29) is 18.3 Å². The lowest BCUT2D eigenvalue weighted by Crippen LogP contribution is -2.30. The third-order valence-electron chi connectivity index (χ3n) is 2.44. The van der Waals surface area contributed by atoms with E-state index < -0.39 is 0 Å². The van der Waals surface area contributed by atoms with Crippen LogP contribution < -0.4 is 4.57 Å². The number of benzene rings is 1. The molecule has 0 radical (unpaired) electrons. The van der Waals surface area contributed by atoms with Gasteiger partial charge in [-0.15, -0.1) is 0 Å². The zero-order valence-electron chi connectivity index (χ0n) is 12.3. The minimum Gasteiger partial charge on any atom is -0.201 e. The summed E-state index contributed by atoms with van der Waals surface area (Å²) in [5, 5.41) is 0. The van der Waals surface area contributed by atoms with Crippen molar-refractivity contribution >= 4 is 0 Å². The minimum absolute atomic E-state index is 0.136. The summed E-state index contributed by atoms with van der Waals surface area (Å²) in [6.45, 7) is 3.69. The number of aromatic nitrogens is 1. The summed E-state index contributed by atoms with van der Waals surface area (Å²) >= 11 is 0. The molecule has 0 spiro atoms. The Balaban J connectivity index is 2.85. The van der Waals surface area contributed by atoms with Gasteiger partial charge in [-0.2, -0.15) is 0 Å². The molecule has 1 aromatic carbocycles. The van der Waals surface area contributed by atoms with Gasteiger partial charge in [0.2, 0.25) is 5.69 Å². The molecule has 2 rings (SSSR count). The van der Waals surface area contributed by atoms with Gasteiger partial charge in [0.1, 0.15) is 8.42 Å². The fourth-order valence-corrected chi connectivity index (χ4v) is 1.66. The number of hydrogen-bond acceptors (Lipinski definition) is 0. The van der Waals surface area contributed by atoms with E-state index in [0.717, 1.165) is 11.1 Å². The molecule has 15 heavy (non-hydrogen) atoms. The lowest BCUT2D eigenvalue weighted by atomic mass is 10.0. The fraction of sp³-hybridized carbons (Fsp3) is 0.214. The first kappa shape index (κ1) is 6.78. The van der Waals surface area contributed by atoms with Crippen LogP contribution >= 0.6 is 0 Å². The smallest absolute Gasteiger partial charge is 0.201 e. The van der Waals surface area contributed by atoms with Crippen LogP contribution in [0, 0.1) is 13.8 Å². The van der Waals surface area contributed by atoms with E-state index in [1.165, 1.54) is 0 Å². The molecule has 0 fully saturated rings. The largest absolute Gasteiger partial charge is 0.212 e. The second kappa shape index (κ2) is 3.85. The van der Waals surface area contributed by atoms with Gasteiger partial charge in [-0.25, -0.2) is 4.57 Å². The van der Waals surface area contributed by atoms with E-state index in [2.05, 4.69) is 0 Å². The van der Waals surface area contributed by atoms with Crippen LogP contribution in [0.25, 0.3) is 11.3 Å². The van der Waals surface area contributed by atoms with Crippen LogP contribution in [0.15, 0.2) is 42.5 Å². The van der Waals surface area contributed by atoms with Crippen molar-refractivity contribution in [3.63, 3.8) is 0 Å². The number of rotatable bonds is 1. The summed E-state index contributed by atoms with van der Waals surface area (Å²) in [5.74, 6) is 0. The van der Waals surface area contributed by atoms with E-state index >= 15 is 0 Å². The number of nitrogens with zero attached hydrogens (tertiary/aromatic N) is 1. The molecule has 0 aliphatic rings. The van der Waals surface area contributed by atoms with Crippen LogP contribution in [0.3, 0.4) is 0 Å². The van der Waals surface area contributed by atoms with Crippen LogP contribution in [0.4, 0.5) is 0 Å². The van der Waals surface area contributed by atoms with Crippen LogP contribution in [0.5, 0.6) is 0 Å². The fourth-order valence-electron chi connectivity index (χ4n) is 1.66. The van der Waals surface area contributed by atoms with Crippen molar-refractivity contribution in [3.8, 4) is 11.3 Å². The summed E-state index contributed by atoms with van der Waals surface area (Å²) < 4.78 is 25.7. The van der Waals surface area contributed by atoms with Crippen molar-refractivity contribution in [3.05, 3.63) is 53.7 Å². The molecule has 0 saturated carbocycles. The molecule has 1 aromatic heterocycles. The van der Waals surface area contributed by atoms with Crippen molar-refractivity contribution in [2.75, 3.05) is 0 Å². The second-order valence-electron chi connectivity index (χ2n) is 3.71. The first-order chi connectivity index (χ1) is 8.45. The molecule has 0 saturated heterocycles. The average molecular weight is 201 g/mol. The van der Waals surface area contributed by atoms with Gasteiger partial charge >= 0.3 is 0 Å². The first-order valence-electron chi connectivity index (χ1n) is 6.47. The molecule has 1 heteroatoms. The standard InChI is InChI=1S/C14H16N/c1-11-8-9-14(15(3)10-11)13-7-5-4-6-12(13)2/h4-10H,1-3H3/q+1/i8D,9D,10D. The molecule has 0 aliphatic heterocycles. The van der Waals surface area contributed by atoms with Crippen molar-refractivity contribution in [2.24, 2.45) is 7.05 Å². The molecule has 0 amide bonds. The highest BCUT2D eigenvalue weighted by molar-refractivity contribution is 5.60. The predicted molar refractivity (Wildman–Crippen MR) is 62.5 cm³/mol. The Morgan fingerprint density at radius 2 is 1.87 bits per heavy atom. The van der Waals surface area contributed by atoms with E-state index in [1.54, 1.807) is 18.5 Å².